The number of amides is 1. The van der Waals surface area contributed by atoms with Crippen LogP contribution in [0.3, 0.4) is 0 Å². The Morgan fingerprint density at radius 3 is 2.71 bits per heavy atom. The van der Waals surface area contributed by atoms with Crippen LogP contribution >= 0.6 is 0 Å². The topological polar surface area (TPSA) is 63.0 Å². The second-order valence-corrected chi connectivity index (χ2v) is 6.53. The Morgan fingerprint density at radius 1 is 1.21 bits per heavy atom. The van der Waals surface area contributed by atoms with E-state index in [1.807, 2.05) is 21.7 Å². The quantitative estimate of drug-likeness (QED) is 0.838. The molecular weight excluding hydrogens is 306 g/mol. The zero-order valence-electron chi connectivity index (χ0n) is 14.0. The summed E-state index contributed by atoms with van der Waals surface area (Å²) in [5, 5.41) is 0. The summed E-state index contributed by atoms with van der Waals surface area (Å²) in [7, 11) is 0. The minimum atomic E-state index is -0.0130. The maximum atomic E-state index is 13.0. The van der Waals surface area contributed by atoms with Gasteiger partial charge < -0.3 is 14.0 Å². The summed E-state index contributed by atoms with van der Waals surface area (Å²) in [6.45, 7) is 7.25. The summed E-state index contributed by atoms with van der Waals surface area (Å²) in [4.78, 5) is 26.0. The van der Waals surface area contributed by atoms with Crippen LogP contribution in [0, 0.1) is 5.92 Å². The molecule has 2 atom stereocenters. The molecule has 128 valence electrons. The van der Waals surface area contributed by atoms with Gasteiger partial charge >= 0.3 is 0 Å². The van der Waals surface area contributed by atoms with Crippen LogP contribution in [0.2, 0.25) is 0 Å². The van der Waals surface area contributed by atoms with E-state index in [2.05, 4.69) is 21.8 Å². The normalized spacial score (nSPS) is 25.5. The van der Waals surface area contributed by atoms with Crippen molar-refractivity contribution in [3.05, 3.63) is 30.5 Å². The van der Waals surface area contributed by atoms with Gasteiger partial charge in [0.15, 0.2) is 11.3 Å². The number of nitrogens with zero attached hydrogens (tertiary/aromatic N) is 5. The number of carbonyl (C=O) groups is 1. The van der Waals surface area contributed by atoms with Gasteiger partial charge in [0.25, 0.3) is 5.91 Å². The fourth-order valence-electron chi connectivity index (χ4n) is 3.90. The minimum Gasteiger partial charge on any atom is -0.379 e. The molecule has 2 aliphatic heterocycles. The van der Waals surface area contributed by atoms with Crippen LogP contribution in [-0.4, -0.2) is 75.5 Å². The highest BCUT2D eigenvalue weighted by molar-refractivity contribution is 5.97. The van der Waals surface area contributed by atoms with Crippen LogP contribution in [0.25, 0.3) is 5.65 Å². The number of hydrogen-bond acceptors (Lipinski definition) is 5. The lowest BCUT2D eigenvalue weighted by atomic mass is 9.99. The van der Waals surface area contributed by atoms with Crippen LogP contribution in [0.15, 0.2) is 24.8 Å². The van der Waals surface area contributed by atoms with Crippen molar-refractivity contribution in [2.24, 2.45) is 5.92 Å². The second-order valence-electron chi connectivity index (χ2n) is 6.53. The first-order valence-corrected chi connectivity index (χ1v) is 8.66. The van der Waals surface area contributed by atoms with Crippen molar-refractivity contribution >= 4 is 11.6 Å². The molecule has 0 aromatic carbocycles. The average molecular weight is 329 g/mol. The predicted octanol–water partition coefficient (Wildman–Crippen LogP) is 0.912. The van der Waals surface area contributed by atoms with Crippen molar-refractivity contribution in [3.8, 4) is 0 Å². The molecule has 0 spiro atoms. The highest BCUT2D eigenvalue weighted by Gasteiger charge is 2.39. The Kier molecular flexibility index (Phi) is 4.20. The van der Waals surface area contributed by atoms with E-state index in [4.69, 9.17) is 4.74 Å². The molecule has 0 aliphatic carbocycles. The number of hydrogen-bond donors (Lipinski definition) is 0. The van der Waals surface area contributed by atoms with E-state index in [1.165, 1.54) is 0 Å². The van der Waals surface area contributed by atoms with Gasteiger partial charge in [-0.3, -0.25) is 9.69 Å². The fraction of sp³-hybridized carbons (Fsp3) is 0.588. The summed E-state index contributed by atoms with van der Waals surface area (Å²) in [6, 6.07) is 0.419. The Labute approximate surface area is 141 Å². The van der Waals surface area contributed by atoms with Gasteiger partial charge in [-0.1, -0.05) is 13.3 Å². The molecule has 4 heterocycles. The standard InChI is InChI=1S/C17H23N5O2/c1-2-13-11-22(12-14(13)20-7-9-24-10-8-20)17(23)15-16-19-4-6-21(16)5-3-18-15/h3-6,13-14H,2,7-12H2,1H3/t13-,14+/m1/s1. The van der Waals surface area contributed by atoms with Crippen molar-refractivity contribution in [1.29, 1.82) is 0 Å². The van der Waals surface area contributed by atoms with Gasteiger partial charge in [-0.25, -0.2) is 9.97 Å². The number of morpholine rings is 1. The molecule has 4 rings (SSSR count). The molecule has 7 nitrogen and oxygen atoms in total. The van der Waals surface area contributed by atoms with E-state index in [-0.39, 0.29) is 5.91 Å². The molecule has 2 aromatic heterocycles. The van der Waals surface area contributed by atoms with Gasteiger partial charge in [-0.05, 0) is 5.92 Å². The highest BCUT2D eigenvalue weighted by Crippen LogP contribution is 2.27. The molecule has 0 unspecified atom stereocenters. The molecular formula is C17H23N5O2. The van der Waals surface area contributed by atoms with Crippen molar-refractivity contribution in [3.63, 3.8) is 0 Å². The zero-order valence-corrected chi connectivity index (χ0v) is 14.0. The maximum absolute atomic E-state index is 13.0. The number of fused-ring (bicyclic) bond motifs is 1. The number of imidazole rings is 1. The largest absolute Gasteiger partial charge is 0.379 e. The lowest BCUT2D eigenvalue weighted by Crippen LogP contribution is -2.47. The first-order chi connectivity index (χ1) is 11.8. The molecule has 2 aliphatic rings. The number of ether oxygens (including phenoxy) is 1. The third-order valence-corrected chi connectivity index (χ3v) is 5.25. The Morgan fingerprint density at radius 2 is 1.96 bits per heavy atom. The van der Waals surface area contributed by atoms with Gasteiger partial charge in [0.2, 0.25) is 0 Å². The van der Waals surface area contributed by atoms with Gasteiger partial charge in [-0.15, -0.1) is 0 Å². The van der Waals surface area contributed by atoms with Gasteiger partial charge in [0.05, 0.1) is 13.2 Å². The number of aromatic nitrogens is 3. The van der Waals surface area contributed by atoms with Crippen LogP contribution in [0.4, 0.5) is 0 Å². The molecule has 2 fully saturated rings. The van der Waals surface area contributed by atoms with E-state index in [0.717, 1.165) is 45.8 Å². The van der Waals surface area contributed by atoms with Crippen LogP contribution in [-0.2, 0) is 4.74 Å². The predicted molar refractivity (Wildman–Crippen MR) is 88.9 cm³/mol. The first kappa shape index (κ1) is 15.5. The van der Waals surface area contributed by atoms with Crippen LogP contribution in [0.5, 0.6) is 0 Å². The minimum absolute atomic E-state index is 0.0130. The van der Waals surface area contributed by atoms with Crippen LogP contribution < -0.4 is 0 Å². The summed E-state index contributed by atoms with van der Waals surface area (Å²) in [6.07, 6.45) is 8.09. The highest BCUT2D eigenvalue weighted by atomic mass is 16.5. The fourth-order valence-corrected chi connectivity index (χ4v) is 3.90. The lowest BCUT2D eigenvalue weighted by Gasteiger charge is -2.34. The summed E-state index contributed by atoms with van der Waals surface area (Å²) in [5.41, 5.74) is 1.07. The summed E-state index contributed by atoms with van der Waals surface area (Å²) in [5.74, 6) is 0.493. The second kappa shape index (κ2) is 6.49. The van der Waals surface area contributed by atoms with E-state index in [9.17, 15) is 4.79 Å². The number of likely N-dealkylation sites (tertiary alicyclic amines) is 1. The first-order valence-electron chi connectivity index (χ1n) is 8.66. The Hall–Kier alpha value is -1.99. The summed E-state index contributed by atoms with van der Waals surface area (Å²) >= 11 is 0. The molecule has 1 amide bonds. The van der Waals surface area contributed by atoms with E-state index >= 15 is 0 Å². The molecule has 0 saturated carbocycles. The Bertz CT molecular complexity index is 725. The molecule has 7 heteroatoms. The molecule has 0 bridgehead atoms. The average Bonchev–Trinajstić information content (AvgIpc) is 3.28. The SMILES string of the molecule is CC[C@@H]1CN(C(=O)c2nccn3ccnc23)C[C@@H]1N1CCOCC1. The van der Waals surface area contributed by atoms with E-state index in [0.29, 0.717) is 23.3 Å². The molecule has 24 heavy (non-hydrogen) atoms. The van der Waals surface area contributed by atoms with Gasteiger partial charge in [0.1, 0.15) is 0 Å². The molecule has 2 aromatic rings. The smallest absolute Gasteiger partial charge is 0.276 e. The third-order valence-electron chi connectivity index (χ3n) is 5.25. The van der Waals surface area contributed by atoms with Crippen LogP contribution in [0.1, 0.15) is 23.8 Å². The lowest BCUT2D eigenvalue weighted by molar-refractivity contribution is 0.0102. The monoisotopic (exact) mass is 329 g/mol. The number of carbonyl (C=O) groups excluding carboxylic acids is 1. The maximum Gasteiger partial charge on any atom is 0.276 e. The van der Waals surface area contributed by atoms with E-state index in [1.54, 1.807) is 12.4 Å². The number of rotatable bonds is 3. The van der Waals surface area contributed by atoms with Gasteiger partial charge in [0, 0.05) is 57.0 Å². The van der Waals surface area contributed by atoms with Crippen molar-refractivity contribution < 1.29 is 9.53 Å². The summed E-state index contributed by atoms with van der Waals surface area (Å²) < 4.78 is 7.31. The van der Waals surface area contributed by atoms with Crippen molar-refractivity contribution in [2.75, 3.05) is 39.4 Å². The third kappa shape index (κ3) is 2.67. The van der Waals surface area contributed by atoms with Gasteiger partial charge in [-0.2, -0.15) is 0 Å². The van der Waals surface area contributed by atoms with Crippen molar-refractivity contribution in [1.82, 2.24) is 24.2 Å². The zero-order chi connectivity index (χ0) is 16.5. The van der Waals surface area contributed by atoms with Crippen molar-refractivity contribution in [2.45, 2.75) is 19.4 Å². The molecule has 0 N–H and O–H groups in total. The Balaban J connectivity index is 1.56. The molecule has 2 saturated heterocycles. The van der Waals surface area contributed by atoms with E-state index < -0.39 is 0 Å². The molecule has 0 radical (unpaired) electrons.